The van der Waals surface area contributed by atoms with Crippen molar-refractivity contribution in [3.8, 4) is 23.0 Å². The first-order valence-electron chi connectivity index (χ1n) is 16.0. The minimum Gasteiger partial charge on any atom is -0.450 e. The van der Waals surface area contributed by atoms with Crippen LogP contribution < -0.4 is 41.5 Å². The molecule has 0 amide bonds. The van der Waals surface area contributed by atoms with E-state index in [-0.39, 0.29) is 77.7 Å². The molecule has 0 aliphatic carbocycles. The first kappa shape index (κ1) is 38.4. The summed E-state index contributed by atoms with van der Waals surface area (Å²) in [5.41, 5.74) is 5.24. The number of benzene rings is 4. The van der Waals surface area contributed by atoms with Gasteiger partial charge < -0.3 is 35.5 Å². The summed E-state index contributed by atoms with van der Waals surface area (Å²) in [6.45, 7) is 1.50. The summed E-state index contributed by atoms with van der Waals surface area (Å²) in [5, 5.41) is 4.75. The van der Waals surface area contributed by atoms with Gasteiger partial charge >= 0.3 is 0 Å². The van der Waals surface area contributed by atoms with Crippen LogP contribution in [-0.2, 0) is 35.1 Å². The molecule has 0 bridgehead atoms. The summed E-state index contributed by atoms with van der Waals surface area (Å²) in [5.74, 6) is -1.65. The predicted molar refractivity (Wildman–Crippen MR) is 201 cm³/mol. The van der Waals surface area contributed by atoms with Gasteiger partial charge in [0.25, 0.3) is 30.4 Å². The summed E-state index contributed by atoms with van der Waals surface area (Å²) >= 11 is 13.4. The quantitative estimate of drug-likeness (QED) is 0.0930. The van der Waals surface area contributed by atoms with Crippen LogP contribution >= 0.6 is 23.2 Å². The second-order valence-electron chi connectivity index (χ2n) is 12.1. The van der Waals surface area contributed by atoms with E-state index in [1.165, 1.54) is 36.4 Å². The largest absolute Gasteiger partial charge is 0.450 e. The Kier molecular flexibility index (Phi) is 9.36. The average Bonchev–Trinajstić information content (AvgIpc) is 3.15. The van der Waals surface area contributed by atoms with Gasteiger partial charge in [0.05, 0.1) is 29.5 Å². The Bertz CT molecular complexity index is 3030. The molecule has 0 spiro atoms. The van der Waals surface area contributed by atoms with Crippen molar-refractivity contribution in [2.45, 2.75) is 14.7 Å². The lowest BCUT2D eigenvalue weighted by atomic mass is 10.2. The van der Waals surface area contributed by atoms with Crippen LogP contribution in [0.5, 0.6) is 23.0 Å². The molecule has 21 nitrogen and oxygen atoms in total. The number of rotatable bonds is 8. The normalized spacial score (nSPS) is 14.7. The number of hydrogen-bond donors (Lipinski definition) is 6. The highest BCUT2D eigenvalue weighted by Crippen LogP contribution is 2.48. The first-order valence-corrected chi connectivity index (χ1v) is 21.0. The van der Waals surface area contributed by atoms with Crippen LogP contribution in [0.4, 0.5) is 46.3 Å². The number of morpholine rings is 1. The van der Waals surface area contributed by atoms with Crippen molar-refractivity contribution in [3.05, 3.63) is 69.3 Å². The maximum absolute atomic E-state index is 13.1. The first-order chi connectivity index (χ1) is 26.9. The summed E-state index contributed by atoms with van der Waals surface area (Å²) < 4.78 is 121. The second-order valence-corrected chi connectivity index (χ2v) is 17.0. The number of hydrogen-bond acceptors (Lipinski definition) is 18. The molecule has 1 fully saturated rings. The van der Waals surface area contributed by atoms with Gasteiger partial charge in [0.1, 0.15) is 32.1 Å². The van der Waals surface area contributed by atoms with Gasteiger partial charge in [0.15, 0.2) is 32.8 Å². The van der Waals surface area contributed by atoms with E-state index in [1.807, 2.05) is 0 Å². The fourth-order valence-electron chi connectivity index (χ4n) is 5.91. The molecular weight excluding hydrogens is 857 g/mol. The van der Waals surface area contributed by atoms with Gasteiger partial charge in [-0.1, -0.05) is 23.2 Å². The molecule has 296 valence electrons. The van der Waals surface area contributed by atoms with E-state index in [0.717, 1.165) is 12.1 Å². The number of anilines is 6. The lowest BCUT2D eigenvalue weighted by Crippen LogP contribution is -2.37. The molecule has 0 atom stereocenters. The Balaban J connectivity index is 1.21. The molecule has 1 saturated heterocycles. The van der Waals surface area contributed by atoms with Crippen molar-refractivity contribution in [1.29, 1.82) is 0 Å². The lowest BCUT2D eigenvalue weighted by Gasteiger charge is -2.27. The van der Waals surface area contributed by atoms with Crippen LogP contribution in [0, 0.1) is 0 Å². The number of ether oxygens (including phenoxy) is 3. The molecule has 26 heteroatoms. The predicted octanol–water partition coefficient (Wildman–Crippen LogP) is 3.94. The van der Waals surface area contributed by atoms with Gasteiger partial charge in [-0.3, -0.25) is 13.7 Å². The van der Waals surface area contributed by atoms with E-state index >= 15 is 0 Å². The minimum absolute atomic E-state index is 0.0646. The third-order valence-corrected chi connectivity index (χ3v) is 11.8. The van der Waals surface area contributed by atoms with Crippen LogP contribution in [0.15, 0.2) is 73.2 Å². The summed E-state index contributed by atoms with van der Waals surface area (Å²) in [6.07, 6.45) is 0. The Morgan fingerprint density at radius 2 is 1.18 bits per heavy atom. The SMILES string of the molecule is Nc1ccc2c(c1S(=O)(=O)O)Oc1c(Cl)c3c(c(Cl)c1=N2)Oc1c(ccc(Nc2nc(Nc4ccc(S(=O)(=O)O)cc4)nc(N4CCOCC4)n2)c1S(=O)(=O)O)N=3. The molecular formula is C31H23Cl2N9O12S3. The van der Waals surface area contributed by atoms with Crippen molar-refractivity contribution in [2.24, 2.45) is 9.98 Å². The third kappa shape index (κ3) is 7.21. The molecule has 7 N–H and O–H groups in total. The van der Waals surface area contributed by atoms with E-state index in [0.29, 0.717) is 32.0 Å². The molecule has 3 aliphatic heterocycles. The van der Waals surface area contributed by atoms with Crippen LogP contribution in [0.25, 0.3) is 0 Å². The average molecular weight is 881 g/mol. The Hall–Kier alpha value is -5.44. The van der Waals surface area contributed by atoms with Crippen LogP contribution in [-0.4, -0.2) is 80.2 Å². The van der Waals surface area contributed by atoms with Crippen molar-refractivity contribution < 1.29 is 53.1 Å². The molecule has 0 radical (unpaired) electrons. The molecule has 8 rings (SSSR count). The van der Waals surface area contributed by atoms with E-state index in [2.05, 4.69) is 35.6 Å². The van der Waals surface area contributed by atoms with Gasteiger partial charge in [-0.2, -0.15) is 40.2 Å². The molecule has 0 saturated carbocycles. The number of nitrogens with one attached hydrogen (secondary N) is 2. The Morgan fingerprint density at radius 3 is 1.72 bits per heavy atom. The highest BCUT2D eigenvalue weighted by Gasteiger charge is 2.34. The highest BCUT2D eigenvalue weighted by molar-refractivity contribution is 7.86. The minimum atomic E-state index is -5.15. The van der Waals surface area contributed by atoms with Crippen molar-refractivity contribution in [1.82, 2.24) is 15.0 Å². The van der Waals surface area contributed by atoms with Crippen molar-refractivity contribution in [2.75, 3.05) is 47.6 Å². The van der Waals surface area contributed by atoms with Crippen molar-refractivity contribution >= 4 is 99.8 Å². The number of nitrogens with two attached hydrogens (primary N) is 1. The second kappa shape index (κ2) is 13.9. The topological polar surface area (TPSA) is 308 Å². The molecule has 3 aliphatic rings. The van der Waals surface area contributed by atoms with Crippen LogP contribution in [0.1, 0.15) is 0 Å². The highest BCUT2D eigenvalue weighted by atomic mass is 35.5. The number of fused-ring (bicyclic) bond motifs is 4. The number of nitrogens with zero attached hydrogens (tertiary/aromatic N) is 6. The van der Waals surface area contributed by atoms with Gasteiger partial charge in [0, 0.05) is 18.8 Å². The molecule has 57 heavy (non-hydrogen) atoms. The summed E-state index contributed by atoms with van der Waals surface area (Å²) in [4.78, 5) is 21.9. The number of halogens is 2. The van der Waals surface area contributed by atoms with Gasteiger partial charge in [-0.25, -0.2) is 9.98 Å². The monoisotopic (exact) mass is 879 g/mol. The maximum atomic E-state index is 13.1. The van der Waals surface area contributed by atoms with Gasteiger partial charge in [-0.05, 0) is 48.5 Å². The Labute approximate surface area is 331 Å². The lowest BCUT2D eigenvalue weighted by molar-refractivity contribution is 0.122. The zero-order valence-electron chi connectivity index (χ0n) is 28.2. The Morgan fingerprint density at radius 1 is 0.649 bits per heavy atom. The standard InChI is InChI=1S/C31H23Cl2N9O12S3/c32-19-22-26(20(33)21-25(19)53-23-16(36-21)6-5-15(34)27(23)56(46,47)48)54-24-17(37-22)7-8-18(28(24)57(49,50)51)38-30-39-29(40-31(41-30)42-9-11-52-12-10-42)35-13-1-3-14(4-2-13)55(43,44)45/h1-8H,9-12,34H2,(H,43,44,45)(H,46,47,48)(H,49,50,51)(H2,35,38,39,40,41). The van der Waals surface area contributed by atoms with E-state index in [9.17, 15) is 38.9 Å². The molecule has 1 aromatic heterocycles. The maximum Gasteiger partial charge on any atom is 0.300 e. The van der Waals surface area contributed by atoms with Gasteiger partial charge in [-0.15, -0.1) is 0 Å². The summed E-state index contributed by atoms with van der Waals surface area (Å²) in [7, 11) is -14.5. The van der Waals surface area contributed by atoms with E-state index < -0.39 is 51.6 Å². The molecule has 5 aromatic rings. The van der Waals surface area contributed by atoms with E-state index in [4.69, 9.17) is 43.1 Å². The third-order valence-electron chi connectivity index (χ3n) is 8.42. The van der Waals surface area contributed by atoms with E-state index in [1.54, 1.807) is 4.90 Å². The fraction of sp³-hybridized carbons (Fsp3) is 0.129. The number of nitrogen functional groups attached to an aromatic ring is 1. The van der Waals surface area contributed by atoms with Crippen molar-refractivity contribution in [3.63, 3.8) is 0 Å². The van der Waals surface area contributed by atoms with Crippen LogP contribution in [0.2, 0.25) is 10.0 Å². The molecule has 0 unspecified atom stereocenters. The fourth-order valence-corrected chi connectivity index (χ4v) is 8.42. The summed E-state index contributed by atoms with van der Waals surface area (Å²) in [6, 6.07) is 10.0. The van der Waals surface area contributed by atoms with Crippen LogP contribution in [0.3, 0.4) is 0 Å². The smallest absolute Gasteiger partial charge is 0.300 e. The zero-order valence-corrected chi connectivity index (χ0v) is 32.2. The zero-order chi connectivity index (χ0) is 40.6. The molecule has 4 heterocycles. The molecule has 4 aromatic carbocycles. The van der Waals surface area contributed by atoms with Gasteiger partial charge in [0.2, 0.25) is 17.8 Å². The number of aromatic nitrogens is 3.